The minimum atomic E-state index is -0.524. The molecule has 0 saturated heterocycles. The molecular formula is C15H12N6O3. The van der Waals surface area contributed by atoms with Crippen LogP contribution in [0.2, 0.25) is 0 Å². The Bertz CT molecular complexity index is 890. The maximum atomic E-state index is 12.3. The number of anilines is 1. The summed E-state index contributed by atoms with van der Waals surface area (Å²) in [5, 5.41) is 24.5. The van der Waals surface area contributed by atoms with E-state index in [9.17, 15) is 14.9 Å². The van der Waals surface area contributed by atoms with Crippen LogP contribution in [0, 0.1) is 17.0 Å². The predicted molar refractivity (Wildman–Crippen MR) is 84.9 cm³/mol. The van der Waals surface area contributed by atoms with Crippen molar-refractivity contribution in [3.63, 3.8) is 0 Å². The molecule has 120 valence electrons. The van der Waals surface area contributed by atoms with Gasteiger partial charge in [-0.3, -0.25) is 14.9 Å². The highest BCUT2D eigenvalue weighted by Gasteiger charge is 2.16. The number of nitrogens with zero attached hydrogens (tertiary/aromatic N) is 5. The molecule has 0 aliphatic carbocycles. The van der Waals surface area contributed by atoms with Crippen LogP contribution in [0.5, 0.6) is 0 Å². The van der Waals surface area contributed by atoms with Gasteiger partial charge in [0, 0.05) is 11.6 Å². The average molecular weight is 324 g/mol. The fraction of sp³-hybridized carbons (Fsp3) is 0.0667. The summed E-state index contributed by atoms with van der Waals surface area (Å²) in [6, 6.07) is 11.2. The lowest BCUT2D eigenvalue weighted by atomic mass is 10.1. The van der Waals surface area contributed by atoms with Crippen LogP contribution in [0.25, 0.3) is 5.69 Å². The van der Waals surface area contributed by atoms with Gasteiger partial charge in [-0.1, -0.05) is 6.07 Å². The summed E-state index contributed by atoms with van der Waals surface area (Å²) in [6.07, 6.45) is 1.44. The molecule has 1 aromatic heterocycles. The van der Waals surface area contributed by atoms with Gasteiger partial charge in [0.05, 0.1) is 10.6 Å². The van der Waals surface area contributed by atoms with Crippen molar-refractivity contribution in [1.29, 1.82) is 0 Å². The minimum absolute atomic E-state index is 0.145. The average Bonchev–Trinajstić information content (AvgIpc) is 3.11. The Morgan fingerprint density at radius 2 is 1.96 bits per heavy atom. The van der Waals surface area contributed by atoms with Crippen molar-refractivity contribution in [2.75, 3.05) is 5.32 Å². The molecule has 1 heterocycles. The second-order valence-electron chi connectivity index (χ2n) is 5.03. The molecule has 3 aromatic rings. The van der Waals surface area contributed by atoms with Crippen molar-refractivity contribution in [1.82, 2.24) is 20.2 Å². The number of aryl methyl sites for hydroxylation is 1. The van der Waals surface area contributed by atoms with Gasteiger partial charge in [-0.05, 0) is 53.2 Å². The van der Waals surface area contributed by atoms with Crippen LogP contribution in [-0.4, -0.2) is 31.0 Å². The van der Waals surface area contributed by atoms with E-state index in [2.05, 4.69) is 20.8 Å². The lowest BCUT2D eigenvalue weighted by Gasteiger charge is -2.07. The molecule has 3 rings (SSSR count). The van der Waals surface area contributed by atoms with Crippen LogP contribution in [0.15, 0.2) is 48.8 Å². The number of tetrazole rings is 1. The minimum Gasteiger partial charge on any atom is -0.316 e. The first-order valence-corrected chi connectivity index (χ1v) is 6.94. The van der Waals surface area contributed by atoms with Crippen molar-refractivity contribution in [2.24, 2.45) is 0 Å². The van der Waals surface area contributed by atoms with Gasteiger partial charge in [0.2, 0.25) is 0 Å². The van der Waals surface area contributed by atoms with Gasteiger partial charge >= 0.3 is 0 Å². The Morgan fingerprint density at radius 1 is 1.21 bits per heavy atom. The smallest absolute Gasteiger partial charge is 0.293 e. The maximum absolute atomic E-state index is 12.3. The number of hydrogen-bond donors (Lipinski definition) is 1. The number of carbonyl (C=O) groups is 1. The number of amides is 1. The number of nitro benzene ring substituents is 1. The van der Waals surface area contributed by atoms with Gasteiger partial charge in [-0.2, -0.15) is 0 Å². The number of benzene rings is 2. The summed E-state index contributed by atoms with van der Waals surface area (Å²) < 4.78 is 1.45. The first kappa shape index (κ1) is 15.3. The lowest BCUT2D eigenvalue weighted by molar-refractivity contribution is -0.384. The maximum Gasteiger partial charge on any atom is 0.293 e. The van der Waals surface area contributed by atoms with E-state index in [4.69, 9.17) is 0 Å². The first-order valence-electron chi connectivity index (χ1n) is 6.94. The number of carbonyl (C=O) groups excluding carboxylic acids is 1. The standard InChI is InChI=1S/C15H12N6O3/c1-10-2-7-13(14(8-10)21(23)24)17-15(22)11-3-5-12(6-4-11)20-9-16-18-19-20/h2-9H,1H3,(H,17,22). The predicted octanol–water partition coefficient (Wildman–Crippen LogP) is 2.13. The third-order valence-electron chi connectivity index (χ3n) is 3.34. The van der Waals surface area contributed by atoms with Crippen molar-refractivity contribution < 1.29 is 9.72 Å². The highest BCUT2D eigenvalue weighted by atomic mass is 16.6. The third kappa shape index (κ3) is 3.09. The summed E-state index contributed by atoms with van der Waals surface area (Å²) in [7, 11) is 0. The molecule has 1 amide bonds. The van der Waals surface area contributed by atoms with Gasteiger partial charge in [-0.25, -0.2) is 4.68 Å². The van der Waals surface area contributed by atoms with Crippen LogP contribution in [0.3, 0.4) is 0 Å². The molecule has 1 N–H and O–H groups in total. The van der Waals surface area contributed by atoms with E-state index in [1.165, 1.54) is 23.1 Å². The molecule has 9 nitrogen and oxygen atoms in total. The normalized spacial score (nSPS) is 10.4. The van der Waals surface area contributed by atoms with Crippen molar-refractivity contribution in [3.05, 3.63) is 70.0 Å². The molecule has 0 aliphatic rings. The highest BCUT2D eigenvalue weighted by molar-refractivity contribution is 6.05. The van der Waals surface area contributed by atoms with E-state index in [1.54, 1.807) is 37.3 Å². The summed E-state index contributed by atoms with van der Waals surface area (Å²) in [5.41, 5.74) is 1.80. The number of rotatable bonds is 4. The Kier molecular flexibility index (Phi) is 3.98. The van der Waals surface area contributed by atoms with Gasteiger partial charge in [-0.15, -0.1) is 5.10 Å². The Labute approximate surface area is 136 Å². The summed E-state index contributed by atoms with van der Waals surface area (Å²) in [4.78, 5) is 22.9. The molecule has 0 unspecified atom stereocenters. The Morgan fingerprint density at radius 3 is 2.58 bits per heavy atom. The van der Waals surface area contributed by atoms with Crippen LogP contribution in [0.4, 0.5) is 11.4 Å². The molecule has 0 radical (unpaired) electrons. The van der Waals surface area contributed by atoms with Crippen molar-refractivity contribution in [3.8, 4) is 5.69 Å². The zero-order valence-corrected chi connectivity index (χ0v) is 12.6. The van der Waals surface area contributed by atoms with E-state index in [0.29, 0.717) is 11.3 Å². The molecule has 0 fully saturated rings. The van der Waals surface area contributed by atoms with Crippen molar-refractivity contribution >= 4 is 17.3 Å². The van der Waals surface area contributed by atoms with E-state index >= 15 is 0 Å². The molecule has 0 spiro atoms. The fourth-order valence-corrected chi connectivity index (χ4v) is 2.14. The number of nitro groups is 1. The zero-order chi connectivity index (χ0) is 17.1. The van der Waals surface area contributed by atoms with Crippen LogP contribution < -0.4 is 5.32 Å². The van der Waals surface area contributed by atoms with Gasteiger partial charge in [0.15, 0.2) is 0 Å². The van der Waals surface area contributed by atoms with Gasteiger partial charge in [0.1, 0.15) is 12.0 Å². The van der Waals surface area contributed by atoms with Crippen LogP contribution >= 0.6 is 0 Å². The second kappa shape index (κ2) is 6.24. The number of hydrogen-bond acceptors (Lipinski definition) is 6. The fourth-order valence-electron chi connectivity index (χ4n) is 2.14. The quantitative estimate of drug-likeness (QED) is 0.580. The molecule has 2 aromatic carbocycles. The number of aromatic nitrogens is 4. The molecule has 0 atom stereocenters. The molecule has 0 aliphatic heterocycles. The summed E-state index contributed by atoms with van der Waals surface area (Å²) >= 11 is 0. The largest absolute Gasteiger partial charge is 0.316 e. The van der Waals surface area contributed by atoms with E-state index in [1.807, 2.05) is 0 Å². The highest BCUT2D eigenvalue weighted by Crippen LogP contribution is 2.25. The number of nitrogens with one attached hydrogen (secondary N) is 1. The van der Waals surface area contributed by atoms with Crippen molar-refractivity contribution in [2.45, 2.75) is 6.92 Å². The van der Waals surface area contributed by atoms with Crippen LogP contribution in [-0.2, 0) is 0 Å². The van der Waals surface area contributed by atoms with Gasteiger partial charge < -0.3 is 5.32 Å². The van der Waals surface area contributed by atoms with E-state index in [-0.39, 0.29) is 11.4 Å². The SMILES string of the molecule is Cc1ccc(NC(=O)c2ccc(-n3cnnn3)cc2)c([N+](=O)[O-])c1. The topological polar surface area (TPSA) is 116 Å². The summed E-state index contributed by atoms with van der Waals surface area (Å²) in [6.45, 7) is 1.75. The monoisotopic (exact) mass is 324 g/mol. The second-order valence-corrected chi connectivity index (χ2v) is 5.03. The summed E-state index contributed by atoms with van der Waals surface area (Å²) in [5.74, 6) is -0.440. The zero-order valence-electron chi connectivity index (χ0n) is 12.6. The van der Waals surface area contributed by atoms with E-state index in [0.717, 1.165) is 5.56 Å². The first-order chi connectivity index (χ1) is 11.5. The Hall–Kier alpha value is -3.62. The molecule has 24 heavy (non-hydrogen) atoms. The molecule has 9 heteroatoms. The van der Waals surface area contributed by atoms with E-state index < -0.39 is 10.8 Å². The molecule has 0 saturated carbocycles. The third-order valence-corrected chi connectivity index (χ3v) is 3.34. The Balaban J connectivity index is 1.82. The molecule has 0 bridgehead atoms. The van der Waals surface area contributed by atoms with Gasteiger partial charge in [0.25, 0.3) is 11.6 Å². The lowest BCUT2D eigenvalue weighted by Crippen LogP contribution is -2.13. The van der Waals surface area contributed by atoms with Crippen LogP contribution in [0.1, 0.15) is 15.9 Å². The molecular weight excluding hydrogens is 312 g/mol.